The van der Waals surface area contributed by atoms with Gasteiger partial charge in [-0.15, -0.1) is 0 Å². The third-order valence-corrected chi connectivity index (χ3v) is 4.36. The first-order chi connectivity index (χ1) is 12.9. The van der Waals surface area contributed by atoms with Crippen LogP contribution in [0.15, 0.2) is 24.3 Å². The van der Waals surface area contributed by atoms with Gasteiger partial charge in [0.2, 0.25) is 5.95 Å². The van der Waals surface area contributed by atoms with Crippen molar-refractivity contribution in [2.24, 2.45) is 0 Å². The molecule has 27 heavy (non-hydrogen) atoms. The van der Waals surface area contributed by atoms with E-state index in [4.69, 9.17) is 9.47 Å². The van der Waals surface area contributed by atoms with Gasteiger partial charge in [0, 0.05) is 23.9 Å². The summed E-state index contributed by atoms with van der Waals surface area (Å²) in [6.45, 7) is 0. The van der Waals surface area contributed by atoms with E-state index < -0.39 is 11.9 Å². The highest BCUT2D eigenvalue weighted by molar-refractivity contribution is 5.62. The molecule has 9 heteroatoms. The maximum Gasteiger partial charge on any atom is 0.433 e. The Morgan fingerprint density at radius 3 is 2.33 bits per heavy atom. The Morgan fingerprint density at radius 2 is 1.70 bits per heavy atom. The smallest absolute Gasteiger partial charge is 0.433 e. The van der Waals surface area contributed by atoms with Crippen molar-refractivity contribution in [1.82, 2.24) is 9.97 Å². The number of halogens is 3. The molecule has 0 saturated heterocycles. The van der Waals surface area contributed by atoms with E-state index in [0.29, 0.717) is 17.2 Å². The lowest BCUT2D eigenvalue weighted by Crippen LogP contribution is -2.19. The van der Waals surface area contributed by atoms with Crippen molar-refractivity contribution >= 4 is 17.5 Å². The van der Waals surface area contributed by atoms with E-state index in [1.165, 1.54) is 14.2 Å². The fourth-order valence-electron chi connectivity index (χ4n) is 3.04. The second-order valence-corrected chi connectivity index (χ2v) is 6.28. The van der Waals surface area contributed by atoms with Gasteiger partial charge in [0.1, 0.15) is 5.82 Å². The highest BCUT2D eigenvalue weighted by Crippen LogP contribution is 2.33. The van der Waals surface area contributed by atoms with Crippen LogP contribution in [0, 0.1) is 0 Å². The number of alkyl halides is 3. The standard InChI is InChI=1S/C18H21F3N4O2/c1-26-13-8-7-12(9-14(13)27-2)22-16-10-15(18(19,20)21)24-17(25-16)23-11-5-3-4-6-11/h7-11H,3-6H2,1-2H3,(H2,22,23,24,25). The van der Waals surface area contributed by atoms with E-state index in [-0.39, 0.29) is 17.8 Å². The Labute approximate surface area is 155 Å². The first-order valence-corrected chi connectivity index (χ1v) is 8.61. The molecule has 0 bridgehead atoms. The number of rotatable bonds is 6. The van der Waals surface area contributed by atoms with Crippen LogP contribution in [0.4, 0.5) is 30.6 Å². The van der Waals surface area contributed by atoms with E-state index in [2.05, 4.69) is 20.6 Å². The van der Waals surface area contributed by atoms with Gasteiger partial charge in [-0.25, -0.2) is 4.98 Å². The number of methoxy groups -OCH3 is 2. The van der Waals surface area contributed by atoms with E-state index in [0.717, 1.165) is 31.7 Å². The van der Waals surface area contributed by atoms with Crippen LogP contribution in [0.5, 0.6) is 11.5 Å². The molecule has 146 valence electrons. The van der Waals surface area contributed by atoms with Crippen molar-refractivity contribution < 1.29 is 22.6 Å². The van der Waals surface area contributed by atoms with Crippen LogP contribution in [0.1, 0.15) is 31.4 Å². The van der Waals surface area contributed by atoms with E-state index >= 15 is 0 Å². The molecule has 3 rings (SSSR count). The predicted octanol–water partition coefficient (Wildman–Crippen LogP) is 4.61. The Balaban J connectivity index is 1.89. The van der Waals surface area contributed by atoms with Crippen molar-refractivity contribution in [1.29, 1.82) is 0 Å². The van der Waals surface area contributed by atoms with Gasteiger partial charge in [-0.2, -0.15) is 18.2 Å². The molecule has 0 radical (unpaired) electrons. The third-order valence-electron chi connectivity index (χ3n) is 4.36. The molecule has 1 heterocycles. The SMILES string of the molecule is COc1ccc(Nc2cc(C(F)(F)F)nc(NC3CCCC3)n2)cc1OC. The molecule has 6 nitrogen and oxygen atoms in total. The molecule has 1 fully saturated rings. The van der Waals surface area contributed by atoms with Crippen LogP contribution >= 0.6 is 0 Å². The highest BCUT2D eigenvalue weighted by Gasteiger charge is 2.34. The van der Waals surface area contributed by atoms with Gasteiger partial charge in [-0.3, -0.25) is 0 Å². The summed E-state index contributed by atoms with van der Waals surface area (Å²) in [5.41, 5.74) is -0.479. The molecule has 0 atom stereocenters. The van der Waals surface area contributed by atoms with Crippen LogP contribution in [0.3, 0.4) is 0 Å². The zero-order valence-electron chi connectivity index (χ0n) is 15.1. The summed E-state index contributed by atoms with van der Waals surface area (Å²) in [5.74, 6) is 0.993. The predicted molar refractivity (Wildman–Crippen MR) is 95.7 cm³/mol. The Kier molecular flexibility index (Phi) is 5.57. The maximum absolute atomic E-state index is 13.2. The molecule has 0 aliphatic heterocycles. The number of anilines is 3. The minimum atomic E-state index is -4.57. The van der Waals surface area contributed by atoms with Crippen molar-refractivity contribution in [3.8, 4) is 11.5 Å². The normalized spacial score (nSPS) is 14.9. The number of nitrogens with zero attached hydrogens (tertiary/aromatic N) is 2. The number of hydrogen-bond donors (Lipinski definition) is 2. The lowest BCUT2D eigenvalue weighted by molar-refractivity contribution is -0.141. The lowest BCUT2D eigenvalue weighted by atomic mass is 10.2. The Bertz CT molecular complexity index is 793. The minimum Gasteiger partial charge on any atom is -0.493 e. The van der Waals surface area contributed by atoms with Gasteiger partial charge < -0.3 is 20.1 Å². The molecule has 1 saturated carbocycles. The van der Waals surface area contributed by atoms with Crippen LogP contribution in [0.25, 0.3) is 0 Å². The fourth-order valence-corrected chi connectivity index (χ4v) is 3.04. The van der Waals surface area contributed by atoms with Gasteiger partial charge in [0.25, 0.3) is 0 Å². The lowest BCUT2D eigenvalue weighted by Gasteiger charge is -2.16. The molecular weight excluding hydrogens is 361 g/mol. The van der Waals surface area contributed by atoms with Crippen LogP contribution in [-0.2, 0) is 6.18 Å². The molecule has 1 aromatic carbocycles. The first-order valence-electron chi connectivity index (χ1n) is 8.61. The number of nitrogens with one attached hydrogen (secondary N) is 2. The van der Waals surface area contributed by atoms with E-state index in [1.807, 2.05) is 0 Å². The topological polar surface area (TPSA) is 68.3 Å². The molecule has 1 aromatic heterocycles. The quantitative estimate of drug-likeness (QED) is 0.760. The molecule has 2 N–H and O–H groups in total. The van der Waals surface area contributed by atoms with Gasteiger partial charge in [-0.05, 0) is 25.0 Å². The maximum atomic E-state index is 13.2. The molecule has 0 spiro atoms. The second-order valence-electron chi connectivity index (χ2n) is 6.28. The molecule has 2 aromatic rings. The van der Waals surface area contributed by atoms with Gasteiger partial charge in [0.15, 0.2) is 17.2 Å². The summed E-state index contributed by atoms with van der Waals surface area (Å²) in [5, 5.41) is 5.89. The minimum absolute atomic E-state index is 0.0281. The number of aromatic nitrogens is 2. The van der Waals surface area contributed by atoms with Gasteiger partial charge in [0.05, 0.1) is 14.2 Å². The van der Waals surface area contributed by atoms with Crippen molar-refractivity contribution in [2.75, 3.05) is 24.9 Å². The summed E-state index contributed by atoms with van der Waals surface area (Å²) < 4.78 is 50.1. The molecule has 1 aliphatic rings. The number of ether oxygens (including phenoxy) is 2. The van der Waals surface area contributed by atoms with E-state index in [9.17, 15) is 13.2 Å². The van der Waals surface area contributed by atoms with Crippen molar-refractivity contribution in [3.63, 3.8) is 0 Å². The number of hydrogen-bond acceptors (Lipinski definition) is 6. The number of benzene rings is 1. The summed E-state index contributed by atoms with van der Waals surface area (Å²) >= 11 is 0. The summed E-state index contributed by atoms with van der Waals surface area (Å²) in [6.07, 6.45) is -0.667. The van der Waals surface area contributed by atoms with Crippen molar-refractivity contribution in [2.45, 2.75) is 37.9 Å². The summed E-state index contributed by atoms with van der Waals surface area (Å²) in [6, 6.07) is 5.93. The Morgan fingerprint density at radius 1 is 1.00 bits per heavy atom. The second kappa shape index (κ2) is 7.89. The van der Waals surface area contributed by atoms with E-state index in [1.54, 1.807) is 18.2 Å². The largest absolute Gasteiger partial charge is 0.493 e. The molecule has 0 amide bonds. The highest BCUT2D eigenvalue weighted by atomic mass is 19.4. The zero-order valence-corrected chi connectivity index (χ0v) is 15.1. The summed E-state index contributed by atoms with van der Waals surface area (Å²) in [4.78, 5) is 7.84. The van der Waals surface area contributed by atoms with Crippen LogP contribution < -0.4 is 20.1 Å². The third kappa shape index (κ3) is 4.72. The van der Waals surface area contributed by atoms with Gasteiger partial charge in [-0.1, -0.05) is 12.8 Å². The monoisotopic (exact) mass is 382 g/mol. The molecule has 1 aliphatic carbocycles. The average Bonchev–Trinajstić information content (AvgIpc) is 3.13. The van der Waals surface area contributed by atoms with Crippen molar-refractivity contribution in [3.05, 3.63) is 30.0 Å². The first kappa shape index (κ1) is 19.1. The van der Waals surface area contributed by atoms with Gasteiger partial charge >= 0.3 is 6.18 Å². The van der Waals surface area contributed by atoms with Crippen LogP contribution in [-0.4, -0.2) is 30.2 Å². The summed E-state index contributed by atoms with van der Waals surface area (Å²) in [7, 11) is 2.99. The molecular formula is C18H21F3N4O2. The average molecular weight is 382 g/mol. The fraction of sp³-hybridized carbons (Fsp3) is 0.444. The molecule has 0 unspecified atom stereocenters. The van der Waals surface area contributed by atoms with Crippen LogP contribution in [0.2, 0.25) is 0 Å². The Hall–Kier alpha value is -2.71. The zero-order chi connectivity index (χ0) is 19.4.